The second-order valence-corrected chi connectivity index (χ2v) is 8.36. The monoisotopic (exact) mass is 404 g/mol. The first kappa shape index (κ1) is 17.9. The third-order valence-electron chi connectivity index (χ3n) is 5.59. The molecule has 0 radical (unpaired) electrons. The number of amides is 1. The maximum Gasteiger partial charge on any atom is 0.224 e. The van der Waals surface area contributed by atoms with Gasteiger partial charge in [-0.1, -0.05) is 18.2 Å². The minimum Gasteiger partial charge on any atom is -0.469 e. The largest absolute Gasteiger partial charge is 0.469 e. The number of fused-ring (bicyclic) bond motifs is 1. The Morgan fingerprint density at radius 1 is 1.14 bits per heavy atom. The zero-order chi connectivity index (χ0) is 20.0. The second-order valence-electron chi connectivity index (χ2n) is 7.39. The number of hydrogen-bond acceptors (Lipinski definition) is 5. The number of para-hydroxylation sites is 2. The number of carbonyl (C=O) groups is 2. The lowest BCUT2D eigenvalue weighted by atomic mass is 9.81. The van der Waals surface area contributed by atoms with E-state index < -0.39 is 6.04 Å². The maximum atomic E-state index is 13.4. The third kappa shape index (κ3) is 3.00. The molecule has 2 aromatic heterocycles. The van der Waals surface area contributed by atoms with E-state index in [2.05, 4.69) is 5.32 Å². The first-order valence-corrected chi connectivity index (χ1v) is 10.5. The van der Waals surface area contributed by atoms with Crippen LogP contribution in [0.15, 0.2) is 75.9 Å². The lowest BCUT2D eigenvalue weighted by Crippen LogP contribution is -2.36. The van der Waals surface area contributed by atoms with Crippen molar-refractivity contribution in [2.75, 3.05) is 10.2 Å². The van der Waals surface area contributed by atoms with Crippen molar-refractivity contribution in [2.24, 2.45) is 0 Å². The van der Waals surface area contributed by atoms with Crippen LogP contribution < -0.4 is 10.2 Å². The molecule has 29 heavy (non-hydrogen) atoms. The fourth-order valence-electron chi connectivity index (χ4n) is 4.38. The fraction of sp³-hybridized carbons (Fsp3) is 0.217. The molecule has 0 saturated carbocycles. The number of rotatable bonds is 2. The minimum absolute atomic E-state index is 0.0104. The highest BCUT2D eigenvalue weighted by Gasteiger charge is 2.41. The average molecular weight is 404 g/mol. The molecule has 1 N–H and O–H groups in total. The number of nitrogens with one attached hydrogen (secondary N) is 1. The molecule has 0 bridgehead atoms. The van der Waals surface area contributed by atoms with E-state index in [0.29, 0.717) is 18.4 Å². The predicted molar refractivity (Wildman–Crippen MR) is 113 cm³/mol. The molecule has 3 aromatic rings. The van der Waals surface area contributed by atoms with E-state index in [9.17, 15) is 9.59 Å². The van der Waals surface area contributed by atoms with Gasteiger partial charge in [-0.2, -0.15) is 0 Å². The Hall–Kier alpha value is -3.12. The number of hydrogen-bond donors (Lipinski definition) is 1. The van der Waals surface area contributed by atoms with Crippen molar-refractivity contribution >= 4 is 34.4 Å². The molecule has 1 aromatic carbocycles. The lowest BCUT2D eigenvalue weighted by Gasteiger charge is -2.33. The quantitative estimate of drug-likeness (QED) is 0.633. The van der Waals surface area contributed by atoms with Crippen LogP contribution in [-0.4, -0.2) is 11.7 Å². The Bertz CT molecular complexity index is 1100. The van der Waals surface area contributed by atoms with Crippen molar-refractivity contribution in [1.82, 2.24) is 0 Å². The molecule has 2 aliphatic rings. The zero-order valence-corrected chi connectivity index (χ0v) is 16.7. The molecule has 1 aliphatic heterocycles. The molecule has 0 fully saturated rings. The summed E-state index contributed by atoms with van der Waals surface area (Å²) in [7, 11) is 0. The van der Waals surface area contributed by atoms with Crippen molar-refractivity contribution in [3.05, 3.63) is 82.1 Å². The molecule has 0 spiro atoms. The molecule has 2 atom stereocenters. The lowest BCUT2D eigenvalue weighted by molar-refractivity contribution is -0.117. The van der Waals surface area contributed by atoms with Crippen LogP contribution in [0.4, 0.5) is 11.4 Å². The molecule has 1 aliphatic carbocycles. The fourth-order valence-corrected chi connectivity index (χ4v) is 5.20. The SMILES string of the molecule is CC(=O)N1c2ccccc2NC2=C(C(=O)CC(c3ccco3)C2)C1c1cccs1. The van der Waals surface area contributed by atoms with Gasteiger partial charge >= 0.3 is 0 Å². The van der Waals surface area contributed by atoms with Crippen molar-refractivity contribution in [3.8, 4) is 0 Å². The predicted octanol–water partition coefficient (Wildman–Crippen LogP) is 5.26. The van der Waals surface area contributed by atoms with E-state index in [1.807, 2.05) is 53.9 Å². The van der Waals surface area contributed by atoms with Gasteiger partial charge in [0.15, 0.2) is 5.78 Å². The Balaban J connectivity index is 1.71. The van der Waals surface area contributed by atoms with Crippen LogP contribution in [0.2, 0.25) is 0 Å². The number of carbonyl (C=O) groups excluding carboxylic acids is 2. The van der Waals surface area contributed by atoms with Gasteiger partial charge in [-0.05, 0) is 42.1 Å². The van der Waals surface area contributed by atoms with E-state index in [0.717, 1.165) is 27.7 Å². The van der Waals surface area contributed by atoms with Crippen LogP contribution in [0.3, 0.4) is 0 Å². The van der Waals surface area contributed by atoms with Gasteiger partial charge in [0.1, 0.15) is 11.8 Å². The summed E-state index contributed by atoms with van der Waals surface area (Å²) < 4.78 is 5.60. The summed E-state index contributed by atoms with van der Waals surface area (Å²) in [6.07, 6.45) is 2.68. The van der Waals surface area contributed by atoms with Gasteiger partial charge in [0, 0.05) is 35.4 Å². The van der Waals surface area contributed by atoms with Crippen LogP contribution in [0, 0.1) is 0 Å². The number of ketones is 1. The van der Waals surface area contributed by atoms with Crippen LogP contribution in [0.25, 0.3) is 0 Å². The van der Waals surface area contributed by atoms with Gasteiger partial charge in [-0.25, -0.2) is 0 Å². The number of allylic oxidation sites excluding steroid dienone is 1. The van der Waals surface area contributed by atoms with Crippen molar-refractivity contribution in [2.45, 2.75) is 31.7 Å². The number of thiophene rings is 1. The third-order valence-corrected chi connectivity index (χ3v) is 6.51. The van der Waals surface area contributed by atoms with E-state index in [1.165, 1.54) is 0 Å². The maximum absolute atomic E-state index is 13.4. The Morgan fingerprint density at radius 2 is 2.00 bits per heavy atom. The van der Waals surface area contributed by atoms with Gasteiger partial charge in [-0.3, -0.25) is 14.5 Å². The molecular formula is C23H20N2O3S. The summed E-state index contributed by atoms with van der Waals surface area (Å²) in [5, 5.41) is 5.47. The molecule has 0 saturated heterocycles. The number of benzene rings is 1. The molecule has 1 amide bonds. The molecule has 5 nitrogen and oxygen atoms in total. The summed E-state index contributed by atoms with van der Waals surface area (Å²) in [6.45, 7) is 1.56. The molecule has 3 heterocycles. The minimum atomic E-state index is -0.427. The zero-order valence-electron chi connectivity index (χ0n) is 15.9. The highest BCUT2D eigenvalue weighted by atomic mass is 32.1. The summed E-state index contributed by atoms with van der Waals surface area (Å²) in [5.41, 5.74) is 3.18. The molecule has 5 rings (SSSR count). The molecule has 146 valence electrons. The molecule has 6 heteroatoms. The number of anilines is 2. The van der Waals surface area contributed by atoms with Crippen molar-refractivity contribution in [1.29, 1.82) is 0 Å². The van der Waals surface area contributed by atoms with Crippen molar-refractivity contribution in [3.63, 3.8) is 0 Å². The van der Waals surface area contributed by atoms with E-state index in [-0.39, 0.29) is 17.6 Å². The Morgan fingerprint density at radius 3 is 2.72 bits per heavy atom. The highest BCUT2D eigenvalue weighted by Crippen LogP contribution is 2.48. The molecule has 2 unspecified atom stereocenters. The number of furan rings is 1. The smallest absolute Gasteiger partial charge is 0.224 e. The van der Waals surface area contributed by atoms with Gasteiger partial charge in [-0.15, -0.1) is 11.3 Å². The van der Waals surface area contributed by atoms with Crippen LogP contribution in [0.5, 0.6) is 0 Å². The first-order chi connectivity index (χ1) is 14.1. The summed E-state index contributed by atoms with van der Waals surface area (Å²) >= 11 is 1.56. The van der Waals surface area contributed by atoms with Gasteiger partial charge in [0.05, 0.1) is 17.6 Å². The standard InChI is InChI=1S/C23H20N2O3S/c1-14(26)25-18-7-3-2-6-16(18)24-17-12-15(20-8-4-10-28-20)13-19(27)22(17)23(25)21-9-5-11-29-21/h2-11,15,23-24H,12-13H2,1H3. The Labute approximate surface area is 172 Å². The van der Waals surface area contributed by atoms with E-state index in [1.54, 1.807) is 29.4 Å². The van der Waals surface area contributed by atoms with E-state index in [4.69, 9.17) is 4.42 Å². The van der Waals surface area contributed by atoms with Crippen LogP contribution in [-0.2, 0) is 9.59 Å². The highest BCUT2D eigenvalue weighted by molar-refractivity contribution is 7.10. The van der Waals surface area contributed by atoms with Gasteiger partial charge in [0.25, 0.3) is 0 Å². The van der Waals surface area contributed by atoms with Gasteiger partial charge in [0.2, 0.25) is 5.91 Å². The topological polar surface area (TPSA) is 62.6 Å². The van der Waals surface area contributed by atoms with Crippen molar-refractivity contribution < 1.29 is 14.0 Å². The summed E-state index contributed by atoms with van der Waals surface area (Å²) in [4.78, 5) is 29.0. The normalized spacial score (nSPS) is 21.3. The van der Waals surface area contributed by atoms with Crippen LogP contribution >= 0.6 is 11.3 Å². The van der Waals surface area contributed by atoms with E-state index >= 15 is 0 Å². The van der Waals surface area contributed by atoms with Crippen LogP contribution in [0.1, 0.15) is 42.4 Å². The summed E-state index contributed by atoms with van der Waals surface area (Å²) in [6, 6.07) is 15.0. The second kappa shape index (κ2) is 7.04. The van der Waals surface area contributed by atoms with Gasteiger partial charge < -0.3 is 9.73 Å². The first-order valence-electron chi connectivity index (χ1n) is 9.62. The average Bonchev–Trinajstić information content (AvgIpc) is 3.39. The molecular weight excluding hydrogens is 384 g/mol. The number of nitrogens with zero attached hydrogens (tertiary/aromatic N) is 1. The Kier molecular flexibility index (Phi) is 4.36. The number of Topliss-reactive ketones (excluding diaryl/α,β-unsaturated/α-hetero) is 1. The summed E-state index contributed by atoms with van der Waals surface area (Å²) in [5.74, 6) is 0.772.